The Hall–Kier alpha value is -0.886. The normalized spacial score (nSPS) is 14.7. The van der Waals surface area contributed by atoms with E-state index in [2.05, 4.69) is 28.9 Å². The summed E-state index contributed by atoms with van der Waals surface area (Å²) >= 11 is 0. The third-order valence-electron chi connectivity index (χ3n) is 2.77. The highest BCUT2D eigenvalue weighted by atomic mass is 28.3. The maximum absolute atomic E-state index is 11.3. The molecule has 0 radical (unpaired) electrons. The number of hydrogen-bond donors (Lipinski definition) is 0. The van der Waals surface area contributed by atoms with Gasteiger partial charge in [-0.3, -0.25) is 0 Å². The zero-order chi connectivity index (χ0) is 13.4. The molecule has 0 aliphatic carbocycles. The van der Waals surface area contributed by atoms with E-state index in [1.54, 1.807) is 6.33 Å². The molecule has 4 nitrogen and oxygen atoms in total. The number of imidazole rings is 1. The maximum atomic E-state index is 11.3. The molecule has 1 rings (SSSR count). The highest BCUT2D eigenvalue weighted by Gasteiger charge is 2.32. The van der Waals surface area contributed by atoms with Crippen molar-refractivity contribution in [2.75, 3.05) is 0 Å². The number of aliphatic carboxylic acids is 1. The molecular weight excluding hydrogens is 248 g/mol. The van der Waals surface area contributed by atoms with Crippen molar-refractivity contribution in [2.45, 2.75) is 44.8 Å². The van der Waals surface area contributed by atoms with Gasteiger partial charge in [0, 0.05) is 17.7 Å². The summed E-state index contributed by atoms with van der Waals surface area (Å²) in [6, 6.07) is 0. The molecule has 0 bridgehead atoms. The van der Waals surface area contributed by atoms with Crippen molar-refractivity contribution >= 4 is 22.3 Å². The SMILES string of the molecule is C[Si](C)(C)C(C(=O)[O-])c1cn([Si](C)(C)C)cn1. The third kappa shape index (κ3) is 3.29. The van der Waals surface area contributed by atoms with E-state index in [-0.39, 0.29) is 0 Å². The zero-order valence-electron chi connectivity index (χ0n) is 11.4. The van der Waals surface area contributed by atoms with Gasteiger partial charge < -0.3 is 14.1 Å². The summed E-state index contributed by atoms with van der Waals surface area (Å²) in [5.74, 6) is -0.995. The topological polar surface area (TPSA) is 57.9 Å². The predicted octanol–water partition coefficient (Wildman–Crippen LogP) is 1.28. The van der Waals surface area contributed by atoms with Crippen LogP contribution in [0.5, 0.6) is 0 Å². The van der Waals surface area contributed by atoms with Crippen LogP contribution in [0, 0.1) is 0 Å². The van der Waals surface area contributed by atoms with Crippen LogP contribution in [0.4, 0.5) is 0 Å². The summed E-state index contributed by atoms with van der Waals surface area (Å²) in [6.07, 6.45) is 3.66. The predicted molar refractivity (Wildman–Crippen MR) is 72.1 cm³/mol. The number of rotatable bonds is 4. The molecule has 1 unspecified atom stereocenters. The van der Waals surface area contributed by atoms with Gasteiger partial charge in [-0.1, -0.05) is 39.3 Å². The van der Waals surface area contributed by atoms with Gasteiger partial charge >= 0.3 is 0 Å². The number of nitrogens with zero attached hydrogens (tertiary/aromatic N) is 2. The Morgan fingerprint density at radius 2 is 1.82 bits per heavy atom. The number of carboxylic acid groups (broad SMARTS) is 1. The van der Waals surface area contributed by atoms with Crippen molar-refractivity contribution in [3.05, 3.63) is 18.2 Å². The molecule has 0 aliphatic heterocycles. The van der Waals surface area contributed by atoms with E-state index in [1.165, 1.54) is 0 Å². The van der Waals surface area contributed by atoms with Gasteiger partial charge in [-0.15, -0.1) is 0 Å². The summed E-state index contributed by atoms with van der Waals surface area (Å²) in [5, 5.41) is 11.3. The minimum Gasteiger partial charge on any atom is -0.550 e. The van der Waals surface area contributed by atoms with Crippen molar-refractivity contribution in [1.29, 1.82) is 0 Å². The van der Waals surface area contributed by atoms with Crippen LogP contribution in [0.2, 0.25) is 39.3 Å². The van der Waals surface area contributed by atoms with E-state index in [9.17, 15) is 9.90 Å². The second kappa shape index (κ2) is 4.41. The zero-order valence-corrected chi connectivity index (χ0v) is 13.4. The fourth-order valence-electron chi connectivity index (χ4n) is 1.77. The Morgan fingerprint density at radius 3 is 2.12 bits per heavy atom. The van der Waals surface area contributed by atoms with Crippen LogP contribution in [-0.4, -0.2) is 31.5 Å². The van der Waals surface area contributed by atoms with Gasteiger partial charge in [0.15, 0.2) is 8.24 Å². The average Bonchev–Trinajstić information content (AvgIpc) is 2.47. The maximum Gasteiger partial charge on any atom is 0.154 e. The Bertz CT molecular complexity index is 416. The van der Waals surface area contributed by atoms with Crippen LogP contribution >= 0.6 is 0 Å². The summed E-state index contributed by atoms with van der Waals surface area (Å²) in [6.45, 7) is 12.7. The first-order valence-electron chi connectivity index (χ1n) is 5.78. The molecule has 1 atom stereocenters. The molecule has 0 amide bonds. The van der Waals surface area contributed by atoms with Crippen LogP contribution in [0.3, 0.4) is 0 Å². The molecule has 1 aromatic heterocycles. The third-order valence-corrected chi connectivity index (χ3v) is 6.83. The smallest absolute Gasteiger partial charge is 0.154 e. The van der Waals surface area contributed by atoms with Crippen LogP contribution in [0.25, 0.3) is 0 Å². The molecular formula is C11H21N2O2Si2-. The number of carbonyl (C=O) groups excluding carboxylic acids is 1. The Kier molecular flexibility index (Phi) is 3.68. The summed E-state index contributed by atoms with van der Waals surface area (Å²) < 4.78 is 2.08. The van der Waals surface area contributed by atoms with Crippen LogP contribution < -0.4 is 5.11 Å². The first-order chi connectivity index (χ1) is 7.53. The van der Waals surface area contributed by atoms with Gasteiger partial charge in [0.05, 0.1) is 20.1 Å². The van der Waals surface area contributed by atoms with E-state index >= 15 is 0 Å². The molecule has 96 valence electrons. The van der Waals surface area contributed by atoms with E-state index in [0.29, 0.717) is 5.69 Å². The monoisotopic (exact) mass is 269 g/mol. The Balaban J connectivity index is 3.14. The fraction of sp³-hybridized carbons (Fsp3) is 0.636. The molecule has 17 heavy (non-hydrogen) atoms. The van der Waals surface area contributed by atoms with Crippen LogP contribution in [-0.2, 0) is 4.79 Å². The minimum absolute atomic E-state index is 0.528. The second-order valence-electron chi connectivity index (χ2n) is 6.49. The molecule has 0 spiro atoms. The summed E-state index contributed by atoms with van der Waals surface area (Å²) in [7, 11) is -3.35. The lowest BCUT2D eigenvalue weighted by Crippen LogP contribution is -2.44. The Labute approximate surface area is 105 Å². The Morgan fingerprint density at radius 1 is 1.29 bits per heavy atom. The van der Waals surface area contributed by atoms with Crippen molar-refractivity contribution in [3.63, 3.8) is 0 Å². The number of carbonyl (C=O) groups is 1. The molecule has 0 saturated heterocycles. The van der Waals surface area contributed by atoms with Gasteiger partial charge in [-0.2, -0.15) is 0 Å². The molecule has 1 aromatic rings. The van der Waals surface area contributed by atoms with E-state index < -0.39 is 27.8 Å². The fourth-order valence-corrected chi connectivity index (χ4v) is 4.44. The number of carboxylic acids is 1. The number of aromatic nitrogens is 2. The molecule has 0 aliphatic rings. The standard InChI is InChI=1S/C11H22N2O2Si2/c1-16(2,3)10(11(14)15)9-7-13(8-12-9)17(4,5)6/h7-8,10H,1-6H3,(H,14,15)/p-1. The average molecular weight is 269 g/mol. The first kappa shape index (κ1) is 14.2. The van der Waals surface area contributed by atoms with Gasteiger partial charge in [-0.05, 0) is 0 Å². The second-order valence-corrected chi connectivity index (χ2v) is 16.7. The van der Waals surface area contributed by atoms with Crippen LogP contribution in [0.15, 0.2) is 12.5 Å². The largest absolute Gasteiger partial charge is 0.550 e. The molecule has 1 heterocycles. The quantitative estimate of drug-likeness (QED) is 0.774. The molecule has 6 heteroatoms. The van der Waals surface area contributed by atoms with Gasteiger partial charge in [0.1, 0.15) is 0 Å². The minimum atomic E-state index is -1.86. The van der Waals surface area contributed by atoms with Crippen molar-refractivity contribution in [3.8, 4) is 0 Å². The summed E-state index contributed by atoms with van der Waals surface area (Å²) in [5.41, 5.74) is 0.131. The number of hydrogen-bond acceptors (Lipinski definition) is 3. The van der Waals surface area contributed by atoms with Gasteiger partial charge in [-0.25, -0.2) is 4.98 Å². The summed E-state index contributed by atoms with van der Waals surface area (Å²) in [4.78, 5) is 15.6. The van der Waals surface area contributed by atoms with Crippen molar-refractivity contribution < 1.29 is 9.90 Å². The highest BCUT2D eigenvalue weighted by Crippen LogP contribution is 2.25. The molecule has 0 aromatic carbocycles. The van der Waals surface area contributed by atoms with Gasteiger partial charge in [0.2, 0.25) is 0 Å². The highest BCUT2D eigenvalue weighted by molar-refractivity contribution is 6.80. The van der Waals surface area contributed by atoms with E-state index in [1.807, 2.05) is 25.8 Å². The lowest BCUT2D eigenvalue weighted by molar-refractivity contribution is -0.305. The van der Waals surface area contributed by atoms with E-state index in [4.69, 9.17) is 0 Å². The van der Waals surface area contributed by atoms with Gasteiger partial charge in [0.25, 0.3) is 0 Å². The lowest BCUT2D eigenvalue weighted by atomic mass is 10.3. The van der Waals surface area contributed by atoms with Crippen molar-refractivity contribution in [1.82, 2.24) is 9.22 Å². The van der Waals surface area contributed by atoms with Crippen molar-refractivity contribution in [2.24, 2.45) is 0 Å². The first-order valence-corrected chi connectivity index (χ1v) is 12.8. The van der Waals surface area contributed by atoms with Crippen LogP contribution in [0.1, 0.15) is 11.2 Å². The molecule has 0 fully saturated rings. The lowest BCUT2D eigenvalue weighted by Gasteiger charge is -2.28. The molecule has 0 saturated carbocycles. The van der Waals surface area contributed by atoms with E-state index in [0.717, 1.165) is 0 Å². The molecule has 0 N–H and O–H groups in total.